The van der Waals surface area contributed by atoms with Gasteiger partial charge in [-0.15, -0.1) is 0 Å². The molecule has 0 aliphatic rings. The molecule has 0 saturated heterocycles. The van der Waals surface area contributed by atoms with E-state index < -0.39 is 0 Å². The van der Waals surface area contributed by atoms with Gasteiger partial charge in [0.05, 0.1) is 22.7 Å². The summed E-state index contributed by atoms with van der Waals surface area (Å²) in [4.78, 5) is 4.73. The van der Waals surface area contributed by atoms with Crippen molar-refractivity contribution in [2.75, 3.05) is 7.11 Å². The number of nitrogens with zero attached hydrogens (tertiary/aromatic N) is 2. The summed E-state index contributed by atoms with van der Waals surface area (Å²) in [6.07, 6.45) is 2.54. The van der Waals surface area contributed by atoms with Crippen LogP contribution in [-0.2, 0) is 18.2 Å². The van der Waals surface area contributed by atoms with Crippen molar-refractivity contribution in [3.05, 3.63) is 30.1 Å². The van der Waals surface area contributed by atoms with Gasteiger partial charge in [-0.05, 0) is 25.0 Å². The highest BCUT2D eigenvalue weighted by Crippen LogP contribution is 2.27. The monoisotopic (exact) mass is 290 g/mol. The maximum absolute atomic E-state index is 5.81. The lowest BCUT2D eigenvalue weighted by molar-refractivity contribution is -0.0478. The number of methoxy groups -OCH3 is 1. The molecule has 0 radical (unpaired) electrons. The maximum Gasteiger partial charge on any atom is 0.111 e. The van der Waals surface area contributed by atoms with Crippen LogP contribution < -0.4 is 11.3 Å². The van der Waals surface area contributed by atoms with Gasteiger partial charge in [0.25, 0.3) is 0 Å². The Morgan fingerprint density at radius 2 is 2.00 bits per heavy atom. The van der Waals surface area contributed by atoms with Crippen molar-refractivity contribution < 1.29 is 4.74 Å². The molecular weight excluding hydrogens is 264 g/mol. The number of fused-ring (bicyclic) bond motifs is 1. The van der Waals surface area contributed by atoms with Gasteiger partial charge < -0.3 is 9.30 Å². The molecule has 0 spiro atoms. The van der Waals surface area contributed by atoms with Crippen molar-refractivity contribution in [2.45, 2.75) is 44.8 Å². The van der Waals surface area contributed by atoms with E-state index in [1.165, 1.54) is 0 Å². The van der Waals surface area contributed by atoms with E-state index in [4.69, 9.17) is 15.6 Å². The molecule has 3 N–H and O–H groups in total. The quantitative estimate of drug-likeness (QED) is 0.606. The molecule has 1 aromatic carbocycles. The van der Waals surface area contributed by atoms with Crippen molar-refractivity contribution in [2.24, 2.45) is 12.9 Å². The smallest absolute Gasteiger partial charge is 0.111 e. The Balaban J connectivity index is 2.34. The second-order valence-corrected chi connectivity index (χ2v) is 5.48. The Morgan fingerprint density at radius 3 is 2.52 bits per heavy atom. The fourth-order valence-electron chi connectivity index (χ4n) is 3.13. The molecule has 0 bridgehead atoms. The van der Waals surface area contributed by atoms with Crippen LogP contribution in [-0.4, -0.2) is 28.3 Å². The average Bonchev–Trinajstić information content (AvgIpc) is 2.85. The molecule has 116 valence electrons. The molecule has 1 atom stereocenters. The van der Waals surface area contributed by atoms with Crippen LogP contribution in [0.4, 0.5) is 0 Å². The highest BCUT2D eigenvalue weighted by Gasteiger charge is 2.36. The minimum Gasteiger partial charge on any atom is -0.377 e. The Bertz CT molecular complexity index is 581. The molecule has 1 aromatic heterocycles. The van der Waals surface area contributed by atoms with Crippen LogP contribution in [0.25, 0.3) is 11.0 Å². The zero-order valence-corrected chi connectivity index (χ0v) is 13.4. The fourth-order valence-corrected chi connectivity index (χ4v) is 3.13. The Kier molecular flexibility index (Phi) is 4.98. The molecule has 2 rings (SSSR count). The zero-order valence-electron chi connectivity index (χ0n) is 13.4. The lowest BCUT2D eigenvalue weighted by Gasteiger charge is -2.37. The van der Waals surface area contributed by atoms with Gasteiger partial charge in [0.1, 0.15) is 5.82 Å². The molecule has 5 nitrogen and oxygen atoms in total. The van der Waals surface area contributed by atoms with E-state index in [0.717, 1.165) is 36.1 Å². The molecule has 2 aromatic rings. The third kappa shape index (κ3) is 2.81. The largest absolute Gasteiger partial charge is 0.377 e. The fraction of sp³-hybridized carbons (Fsp3) is 0.562. The minimum absolute atomic E-state index is 0.0213. The van der Waals surface area contributed by atoms with Crippen LogP contribution in [0.1, 0.15) is 32.5 Å². The van der Waals surface area contributed by atoms with Gasteiger partial charge in [0.15, 0.2) is 0 Å². The number of hydrogen-bond donors (Lipinski definition) is 2. The highest BCUT2D eigenvalue weighted by atomic mass is 16.5. The predicted molar refractivity (Wildman–Crippen MR) is 85.9 cm³/mol. The molecule has 1 heterocycles. The predicted octanol–water partition coefficient (Wildman–Crippen LogP) is 2.15. The normalized spacial score (nSPS) is 13.8. The van der Waals surface area contributed by atoms with Crippen LogP contribution >= 0.6 is 0 Å². The molecule has 5 heteroatoms. The van der Waals surface area contributed by atoms with Crippen molar-refractivity contribution in [1.29, 1.82) is 0 Å². The number of aryl methyl sites for hydroxylation is 1. The molecule has 1 unspecified atom stereocenters. The molecule has 0 aliphatic heterocycles. The second kappa shape index (κ2) is 6.56. The number of nitrogens with one attached hydrogen (secondary N) is 1. The van der Waals surface area contributed by atoms with E-state index in [2.05, 4.69) is 29.9 Å². The van der Waals surface area contributed by atoms with Gasteiger partial charge in [-0.25, -0.2) is 4.98 Å². The molecule has 0 saturated carbocycles. The van der Waals surface area contributed by atoms with E-state index in [9.17, 15) is 0 Å². The van der Waals surface area contributed by atoms with Crippen molar-refractivity contribution >= 4 is 11.0 Å². The van der Waals surface area contributed by atoms with E-state index >= 15 is 0 Å². The summed E-state index contributed by atoms with van der Waals surface area (Å²) in [7, 11) is 3.80. The van der Waals surface area contributed by atoms with E-state index in [-0.39, 0.29) is 11.6 Å². The van der Waals surface area contributed by atoms with Gasteiger partial charge in [0.2, 0.25) is 0 Å². The third-order valence-corrected chi connectivity index (χ3v) is 4.71. The lowest BCUT2D eigenvalue weighted by atomic mass is 9.86. The Labute approximate surface area is 126 Å². The van der Waals surface area contributed by atoms with E-state index in [1.54, 1.807) is 7.11 Å². The van der Waals surface area contributed by atoms with Gasteiger partial charge >= 0.3 is 0 Å². The lowest BCUT2D eigenvalue weighted by Crippen LogP contribution is -2.55. The van der Waals surface area contributed by atoms with Gasteiger partial charge in [-0.3, -0.25) is 11.3 Å². The maximum atomic E-state index is 5.81. The summed E-state index contributed by atoms with van der Waals surface area (Å²) in [6.45, 7) is 4.26. The summed E-state index contributed by atoms with van der Waals surface area (Å²) in [5.41, 5.74) is 4.82. The van der Waals surface area contributed by atoms with Crippen LogP contribution in [0.3, 0.4) is 0 Å². The average molecular weight is 290 g/mol. The molecule has 21 heavy (non-hydrogen) atoms. The number of rotatable bonds is 7. The summed E-state index contributed by atoms with van der Waals surface area (Å²) >= 11 is 0. The Hall–Kier alpha value is -1.43. The first kappa shape index (κ1) is 15.9. The van der Waals surface area contributed by atoms with Crippen molar-refractivity contribution in [3.63, 3.8) is 0 Å². The van der Waals surface area contributed by atoms with Gasteiger partial charge in [-0.1, -0.05) is 26.0 Å². The number of nitrogens with two attached hydrogens (primary N) is 1. The topological polar surface area (TPSA) is 65.1 Å². The molecular formula is C16H26N4O. The summed E-state index contributed by atoms with van der Waals surface area (Å²) in [5.74, 6) is 6.83. The number of imidazole rings is 1. The number of hydrogen-bond acceptors (Lipinski definition) is 4. The summed E-state index contributed by atoms with van der Waals surface area (Å²) in [5, 5.41) is 0. The van der Waals surface area contributed by atoms with E-state index in [0.29, 0.717) is 0 Å². The number of ether oxygens (including phenoxy) is 1. The number of para-hydroxylation sites is 2. The number of benzene rings is 1. The van der Waals surface area contributed by atoms with Crippen molar-refractivity contribution in [1.82, 2.24) is 15.0 Å². The molecule has 0 fully saturated rings. The van der Waals surface area contributed by atoms with Gasteiger partial charge in [-0.2, -0.15) is 0 Å². The minimum atomic E-state index is -0.271. The second-order valence-electron chi connectivity index (χ2n) is 5.48. The summed E-state index contributed by atoms with van der Waals surface area (Å²) < 4.78 is 7.93. The SMILES string of the molecule is CCC(CC)(OC)C(Cc1nc2ccccc2n1C)NN. The first-order chi connectivity index (χ1) is 10.1. The van der Waals surface area contributed by atoms with Crippen LogP contribution in [0.2, 0.25) is 0 Å². The van der Waals surface area contributed by atoms with Gasteiger partial charge in [0, 0.05) is 20.6 Å². The van der Waals surface area contributed by atoms with Crippen LogP contribution in [0.15, 0.2) is 24.3 Å². The summed E-state index contributed by atoms with van der Waals surface area (Å²) in [6, 6.07) is 8.18. The number of aromatic nitrogens is 2. The zero-order chi connectivity index (χ0) is 15.5. The number of hydrazine groups is 1. The van der Waals surface area contributed by atoms with Crippen LogP contribution in [0, 0.1) is 0 Å². The van der Waals surface area contributed by atoms with Crippen molar-refractivity contribution in [3.8, 4) is 0 Å². The van der Waals surface area contributed by atoms with E-state index in [1.807, 2.05) is 25.2 Å². The first-order valence-corrected chi connectivity index (χ1v) is 7.53. The first-order valence-electron chi connectivity index (χ1n) is 7.53. The molecule has 0 aliphatic carbocycles. The third-order valence-electron chi connectivity index (χ3n) is 4.71. The molecule has 0 amide bonds. The highest BCUT2D eigenvalue weighted by molar-refractivity contribution is 5.75. The van der Waals surface area contributed by atoms with Crippen LogP contribution in [0.5, 0.6) is 0 Å². The Morgan fingerprint density at radius 1 is 1.33 bits per heavy atom. The standard InChI is InChI=1S/C16H26N4O/c1-5-16(6-2,21-4)14(19-17)11-15-18-12-9-7-8-10-13(12)20(15)3/h7-10,14,19H,5-6,11,17H2,1-4H3.